The number of hydrogen-bond acceptors (Lipinski definition) is 4. The van der Waals surface area contributed by atoms with Crippen LogP contribution in [0.1, 0.15) is 0 Å². The van der Waals surface area contributed by atoms with Crippen molar-refractivity contribution in [1.82, 2.24) is 14.5 Å². The summed E-state index contributed by atoms with van der Waals surface area (Å²) in [4.78, 5) is 32.8. The van der Waals surface area contributed by atoms with E-state index >= 15 is 0 Å². The van der Waals surface area contributed by atoms with Crippen LogP contribution in [-0.2, 0) is 11.8 Å². The van der Waals surface area contributed by atoms with E-state index in [0.717, 1.165) is 11.1 Å². The number of aromatic amines is 1. The van der Waals surface area contributed by atoms with Gasteiger partial charge in [-0.05, 0) is 23.8 Å². The number of fused-ring (bicyclic) bond motifs is 1. The van der Waals surface area contributed by atoms with E-state index in [0.29, 0.717) is 31.9 Å². The summed E-state index contributed by atoms with van der Waals surface area (Å²) in [5.74, 6) is -0.226. The molecule has 2 aromatic carbocycles. The lowest BCUT2D eigenvalue weighted by molar-refractivity contribution is -0.113. The molecule has 30 heavy (non-hydrogen) atoms. The number of thioether (sulfide) groups is 1. The van der Waals surface area contributed by atoms with Gasteiger partial charge in [-0.1, -0.05) is 65.3 Å². The molecule has 2 N–H and O–H groups in total. The third-order valence-electron chi connectivity index (χ3n) is 4.49. The van der Waals surface area contributed by atoms with Crippen LogP contribution in [0.5, 0.6) is 0 Å². The lowest BCUT2D eigenvalue weighted by Crippen LogP contribution is -2.21. The molecule has 0 aliphatic carbocycles. The first-order chi connectivity index (χ1) is 14.4. The van der Waals surface area contributed by atoms with Gasteiger partial charge in [0.1, 0.15) is 11.0 Å². The predicted octanol–water partition coefficient (Wildman–Crippen LogP) is 4.97. The van der Waals surface area contributed by atoms with E-state index in [1.54, 1.807) is 31.4 Å². The minimum atomic E-state index is -0.282. The summed E-state index contributed by atoms with van der Waals surface area (Å²) in [6.07, 6.45) is 1.77. The van der Waals surface area contributed by atoms with Crippen LogP contribution in [0.4, 0.5) is 5.69 Å². The SMILES string of the molecule is Cn1c(SCC(=O)Nc2cc(Cl)ccc2Cl)nc2c(-c3ccccc3)c[nH]c2c1=O. The number of nitrogens with one attached hydrogen (secondary N) is 2. The zero-order chi connectivity index (χ0) is 21.3. The summed E-state index contributed by atoms with van der Waals surface area (Å²) in [5.41, 5.74) is 3.02. The van der Waals surface area contributed by atoms with Crippen LogP contribution in [0, 0.1) is 0 Å². The lowest BCUT2D eigenvalue weighted by Gasteiger charge is -2.09. The average molecular weight is 459 g/mol. The second-order valence-corrected chi connectivity index (χ2v) is 8.30. The maximum Gasteiger partial charge on any atom is 0.278 e. The molecular weight excluding hydrogens is 443 g/mol. The summed E-state index contributed by atoms with van der Waals surface area (Å²) in [5, 5.41) is 4.03. The van der Waals surface area contributed by atoms with Crippen molar-refractivity contribution in [2.24, 2.45) is 7.05 Å². The average Bonchev–Trinajstić information content (AvgIpc) is 3.17. The molecule has 2 aromatic heterocycles. The van der Waals surface area contributed by atoms with Gasteiger partial charge in [-0.25, -0.2) is 4.98 Å². The minimum absolute atomic E-state index is 0.0553. The van der Waals surface area contributed by atoms with Crippen LogP contribution < -0.4 is 10.9 Å². The zero-order valence-electron chi connectivity index (χ0n) is 15.8. The Bertz CT molecular complexity index is 1300. The Balaban J connectivity index is 1.59. The smallest absolute Gasteiger partial charge is 0.278 e. The van der Waals surface area contributed by atoms with Crippen LogP contribution in [-0.4, -0.2) is 26.2 Å². The van der Waals surface area contributed by atoms with Crippen molar-refractivity contribution in [2.75, 3.05) is 11.1 Å². The molecule has 0 aliphatic rings. The summed E-state index contributed by atoms with van der Waals surface area (Å²) in [6, 6.07) is 14.5. The molecule has 0 fully saturated rings. The van der Waals surface area contributed by atoms with Crippen molar-refractivity contribution in [3.63, 3.8) is 0 Å². The zero-order valence-corrected chi connectivity index (χ0v) is 18.1. The summed E-state index contributed by atoms with van der Waals surface area (Å²) >= 11 is 13.2. The summed E-state index contributed by atoms with van der Waals surface area (Å²) < 4.78 is 1.43. The highest BCUT2D eigenvalue weighted by atomic mass is 35.5. The molecule has 0 saturated heterocycles. The van der Waals surface area contributed by atoms with Crippen LogP contribution in [0.3, 0.4) is 0 Å². The molecule has 0 spiro atoms. The number of hydrogen-bond donors (Lipinski definition) is 2. The molecular formula is C21H16Cl2N4O2S. The molecule has 0 atom stereocenters. The van der Waals surface area contributed by atoms with Gasteiger partial charge in [0, 0.05) is 23.8 Å². The minimum Gasteiger partial charge on any atom is -0.355 e. The molecule has 4 rings (SSSR count). The Hall–Kier alpha value is -2.74. The summed E-state index contributed by atoms with van der Waals surface area (Å²) in [6.45, 7) is 0. The van der Waals surface area contributed by atoms with Gasteiger partial charge in [-0.2, -0.15) is 0 Å². The second-order valence-electron chi connectivity index (χ2n) is 6.51. The molecule has 0 bridgehead atoms. The van der Waals surface area contributed by atoms with E-state index in [4.69, 9.17) is 23.2 Å². The van der Waals surface area contributed by atoms with Gasteiger partial charge in [0.05, 0.1) is 16.5 Å². The monoisotopic (exact) mass is 458 g/mol. The first kappa shape index (κ1) is 20.5. The van der Waals surface area contributed by atoms with Gasteiger partial charge in [-0.3, -0.25) is 14.2 Å². The molecule has 0 unspecified atom stereocenters. The molecule has 4 aromatic rings. The van der Waals surface area contributed by atoms with Crippen molar-refractivity contribution >= 4 is 57.6 Å². The Morgan fingerprint density at radius 1 is 1.20 bits per heavy atom. The molecule has 6 nitrogen and oxygen atoms in total. The Labute approximate surface area is 186 Å². The first-order valence-electron chi connectivity index (χ1n) is 8.95. The number of carbonyl (C=O) groups is 1. The molecule has 152 valence electrons. The van der Waals surface area contributed by atoms with E-state index in [1.807, 2.05) is 30.3 Å². The second kappa shape index (κ2) is 8.55. The van der Waals surface area contributed by atoms with Crippen LogP contribution in [0.15, 0.2) is 64.7 Å². The highest BCUT2D eigenvalue weighted by molar-refractivity contribution is 7.99. The molecule has 0 aliphatic heterocycles. The Morgan fingerprint density at radius 2 is 1.97 bits per heavy atom. The third kappa shape index (κ3) is 4.09. The molecule has 9 heteroatoms. The number of nitrogens with zero attached hydrogens (tertiary/aromatic N) is 2. The quantitative estimate of drug-likeness (QED) is 0.326. The highest BCUT2D eigenvalue weighted by Gasteiger charge is 2.16. The van der Waals surface area contributed by atoms with Gasteiger partial charge in [0.25, 0.3) is 5.56 Å². The van der Waals surface area contributed by atoms with Crippen molar-refractivity contribution in [1.29, 1.82) is 0 Å². The van der Waals surface area contributed by atoms with Crippen molar-refractivity contribution < 1.29 is 4.79 Å². The Kier molecular flexibility index (Phi) is 5.85. The maximum atomic E-state index is 12.8. The molecule has 0 saturated carbocycles. The van der Waals surface area contributed by atoms with Crippen molar-refractivity contribution in [3.05, 3.63) is 75.1 Å². The van der Waals surface area contributed by atoms with E-state index < -0.39 is 0 Å². The third-order valence-corrected chi connectivity index (χ3v) is 6.08. The van der Waals surface area contributed by atoms with Crippen molar-refractivity contribution in [3.8, 4) is 11.1 Å². The number of H-pyrrole nitrogens is 1. The van der Waals surface area contributed by atoms with Crippen LogP contribution in [0.2, 0.25) is 10.0 Å². The van der Waals surface area contributed by atoms with Gasteiger partial charge >= 0.3 is 0 Å². The molecule has 2 heterocycles. The number of halogens is 2. The van der Waals surface area contributed by atoms with E-state index in [-0.39, 0.29) is 17.2 Å². The number of anilines is 1. The fourth-order valence-electron chi connectivity index (χ4n) is 3.00. The Morgan fingerprint density at radius 3 is 2.73 bits per heavy atom. The normalized spacial score (nSPS) is 11.0. The largest absolute Gasteiger partial charge is 0.355 e. The number of carbonyl (C=O) groups excluding carboxylic acids is 1. The van der Waals surface area contributed by atoms with Crippen LogP contribution in [0.25, 0.3) is 22.2 Å². The fraction of sp³-hybridized carbons (Fsp3) is 0.0952. The number of benzene rings is 2. The van der Waals surface area contributed by atoms with Crippen LogP contribution >= 0.6 is 35.0 Å². The van der Waals surface area contributed by atoms with E-state index in [2.05, 4.69) is 15.3 Å². The molecule has 1 amide bonds. The van der Waals surface area contributed by atoms with Gasteiger partial charge in [0.15, 0.2) is 5.16 Å². The van der Waals surface area contributed by atoms with E-state index in [9.17, 15) is 9.59 Å². The van der Waals surface area contributed by atoms with E-state index in [1.165, 1.54) is 16.3 Å². The fourth-order valence-corrected chi connectivity index (χ4v) is 4.10. The standard InChI is InChI=1S/C21H16Cl2N4O2S/c1-27-20(29)19-18(14(10-24-19)12-5-3-2-4-6-12)26-21(27)30-11-17(28)25-16-9-13(22)7-8-15(16)23/h2-10,24H,11H2,1H3,(H,25,28). The highest BCUT2D eigenvalue weighted by Crippen LogP contribution is 2.28. The first-order valence-corrected chi connectivity index (χ1v) is 10.7. The number of rotatable bonds is 5. The number of aromatic nitrogens is 3. The summed E-state index contributed by atoms with van der Waals surface area (Å²) in [7, 11) is 1.63. The maximum absolute atomic E-state index is 12.8. The lowest BCUT2D eigenvalue weighted by atomic mass is 10.1. The predicted molar refractivity (Wildman–Crippen MR) is 123 cm³/mol. The molecule has 0 radical (unpaired) electrons. The topological polar surface area (TPSA) is 79.8 Å². The number of amides is 1. The van der Waals surface area contributed by atoms with Gasteiger partial charge in [0.2, 0.25) is 5.91 Å². The van der Waals surface area contributed by atoms with Gasteiger partial charge < -0.3 is 10.3 Å². The van der Waals surface area contributed by atoms with Crippen molar-refractivity contribution in [2.45, 2.75) is 5.16 Å². The van der Waals surface area contributed by atoms with Gasteiger partial charge in [-0.15, -0.1) is 0 Å².